The number of para-hydroxylation sites is 1. The Bertz CT molecular complexity index is 514. The van der Waals surface area contributed by atoms with Gasteiger partial charge >= 0.3 is 0 Å². The van der Waals surface area contributed by atoms with Crippen LogP contribution in [-0.4, -0.2) is 20.3 Å². The molecule has 0 amide bonds. The SMILES string of the molecule is CNc1ccc(OCCOc2ccccc2Cl)cc1. The van der Waals surface area contributed by atoms with Crippen molar-refractivity contribution in [1.29, 1.82) is 0 Å². The van der Waals surface area contributed by atoms with Gasteiger partial charge in [0.05, 0.1) is 5.02 Å². The van der Waals surface area contributed by atoms with Gasteiger partial charge in [-0.1, -0.05) is 23.7 Å². The lowest BCUT2D eigenvalue weighted by Gasteiger charge is -2.09. The van der Waals surface area contributed by atoms with E-state index in [2.05, 4.69) is 5.32 Å². The van der Waals surface area contributed by atoms with E-state index < -0.39 is 0 Å². The maximum atomic E-state index is 5.98. The third kappa shape index (κ3) is 4.07. The van der Waals surface area contributed by atoms with Crippen molar-refractivity contribution in [1.82, 2.24) is 0 Å². The molecule has 2 aromatic rings. The molecule has 2 rings (SSSR count). The van der Waals surface area contributed by atoms with Gasteiger partial charge in [-0.25, -0.2) is 0 Å². The van der Waals surface area contributed by atoms with Crippen LogP contribution in [0.15, 0.2) is 48.5 Å². The summed E-state index contributed by atoms with van der Waals surface area (Å²) in [6, 6.07) is 15.2. The minimum atomic E-state index is 0.456. The van der Waals surface area contributed by atoms with Gasteiger partial charge in [-0.2, -0.15) is 0 Å². The predicted molar refractivity (Wildman–Crippen MR) is 78.4 cm³/mol. The van der Waals surface area contributed by atoms with Crippen molar-refractivity contribution >= 4 is 17.3 Å². The Morgan fingerprint density at radius 3 is 2.32 bits per heavy atom. The van der Waals surface area contributed by atoms with E-state index in [9.17, 15) is 0 Å². The molecule has 0 heterocycles. The first-order valence-corrected chi connectivity index (χ1v) is 6.45. The maximum Gasteiger partial charge on any atom is 0.138 e. The molecule has 0 radical (unpaired) electrons. The molecule has 0 spiro atoms. The van der Waals surface area contributed by atoms with Crippen LogP contribution in [0.5, 0.6) is 11.5 Å². The van der Waals surface area contributed by atoms with Crippen LogP contribution in [0.4, 0.5) is 5.69 Å². The van der Waals surface area contributed by atoms with E-state index in [1.807, 2.05) is 49.5 Å². The molecule has 19 heavy (non-hydrogen) atoms. The first-order chi connectivity index (χ1) is 9.29. The number of hydrogen-bond acceptors (Lipinski definition) is 3. The van der Waals surface area contributed by atoms with Gasteiger partial charge in [-0.05, 0) is 36.4 Å². The summed E-state index contributed by atoms with van der Waals surface area (Å²) >= 11 is 5.98. The van der Waals surface area contributed by atoms with Gasteiger partial charge in [0.15, 0.2) is 0 Å². The third-order valence-electron chi connectivity index (χ3n) is 2.59. The van der Waals surface area contributed by atoms with Crippen molar-refractivity contribution in [2.75, 3.05) is 25.6 Å². The topological polar surface area (TPSA) is 30.5 Å². The molecule has 0 bridgehead atoms. The summed E-state index contributed by atoms with van der Waals surface area (Å²) in [5, 5.41) is 3.67. The zero-order chi connectivity index (χ0) is 13.5. The molecule has 1 N–H and O–H groups in total. The second kappa shape index (κ2) is 6.90. The Balaban J connectivity index is 1.76. The fourth-order valence-electron chi connectivity index (χ4n) is 1.59. The average molecular weight is 278 g/mol. The van der Waals surface area contributed by atoms with Gasteiger partial charge < -0.3 is 14.8 Å². The minimum absolute atomic E-state index is 0.456. The third-order valence-corrected chi connectivity index (χ3v) is 2.90. The number of anilines is 1. The first kappa shape index (κ1) is 13.6. The molecule has 0 aliphatic heterocycles. The lowest BCUT2D eigenvalue weighted by Crippen LogP contribution is -2.09. The van der Waals surface area contributed by atoms with E-state index in [0.717, 1.165) is 11.4 Å². The Morgan fingerprint density at radius 1 is 0.947 bits per heavy atom. The Hall–Kier alpha value is -1.87. The summed E-state index contributed by atoms with van der Waals surface area (Å²) in [5.41, 5.74) is 1.06. The van der Waals surface area contributed by atoms with E-state index in [4.69, 9.17) is 21.1 Å². The largest absolute Gasteiger partial charge is 0.490 e. The van der Waals surface area contributed by atoms with E-state index in [1.54, 1.807) is 6.07 Å². The van der Waals surface area contributed by atoms with Crippen molar-refractivity contribution in [3.05, 3.63) is 53.6 Å². The zero-order valence-electron chi connectivity index (χ0n) is 10.7. The second-order valence-electron chi connectivity index (χ2n) is 3.90. The summed E-state index contributed by atoms with van der Waals surface area (Å²) in [7, 11) is 1.88. The molecule has 0 aromatic heterocycles. The second-order valence-corrected chi connectivity index (χ2v) is 4.31. The number of rotatable bonds is 6. The van der Waals surface area contributed by atoms with E-state index >= 15 is 0 Å². The molecule has 0 aliphatic rings. The van der Waals surface area contributed by atoms with Crippen LogP contribution in [0.2, 0.25) is 5.02 Å². The number of benzene rings is 2. The van der Waals surface area contributed by atoms with Gasteiger partial charge in [0.25, 0.3) is 0 Å². The van der Waals surface area contributed by atoms with Crippen LogP contribution in [0.25, 0.3) is 0 Å². The van der Waals surface area contributed by atoms with Crippen LogP contribution >= 0.6 is 11.6 Å². The summed E-state index contributed by atoms with van der Waals surface area (Å²) in [4.78, 5) is 0. The van der Waals surface area contributed by atoms with E-state index in [1.165, 1.54) is 0 Å². The Kier molecular flexibility index (Phi) is 4.93. The molecule has 0 saturated carbocycles. The monoisotopic (exact) mass is 277 g/mol. The zero-order valence-corrected chi connectivity index (χ0v) is 11.5. The summed E-state index contributed by atoms with van der Waals surface area (Å²) < 4.78 is 11.1. The summed E-state index contributed by atoms with van der Waals surface area (Å²) in [6.45, 7) is 0.932. The molecule has 0 aliphatic carbocycles. The molecule has 0 unspecified atom stereocenters. The molecule has 2 aromatic carbocycles. The Labute approximate surface area is 118 Å². The fourth-order valence-corrected chi connectivity index (χ4v) is 1.78. The normalized spacial score (nSPS) is 10.0. The molecule has 100 valence electrons. The Morgan fingerprint density at radius 2 is 1.63 bits per heavy atom. The van der Waals surface area contributed by atoms with Gasteiger partial charge in [0.2, 0.25) is 0 Å². The van der Waals surface area contributed by atoms with Gasteiger partial charge in [-0.15, -0.1) is 0 Å². The van der Waals surface area contributed by atoms with Crippen molar-refractivity contribution in [2.24, 2.45) is 0 Å². The van der Waals surface area contributed by atoms with Crippen molar-refractivity contribution in [3.8, 4) is 11.5 Å². The smallest absolute Gasteiger partial charge is 0.138 e. The van der Waals surface area contributed by atoms with Gasteiger partial charge in [0.1, 0.15) is 24.7 Å². The van der Waals surface area contributed by atoms with Crippen LogP contribution in [0, 0.1) is 0 Å². The van der Waals surface area contributed by atoms with Crippen LogP contribution in [0.1, 0.15) is 0 Å². The highest BCUT2D eigenvalue weighted by Gasteiger charge is 1.99. The average Bonchev–Trinajstić information content (AvgIpc) is 2.46. The number of halogens is 1. The lowest BCUT2D eigenvalue weighted by molar-refractivity contribution is 0.217. The summed E-state index contributed by atoms with van der Waals surface area (Å²) in [5.74, 6) is 1.50. The quantitative estimate of drug-likeness (QED) is 0.814. The highest BCUT2D eigenvalue weighted by molar-refractivity contribution is 6.32. The van der Waals surface area contributed by atoms with E-state index in [-0.39, 0.29) is 0 Å². The molecule has 0 saturated heterocycles. The van der Waals surface area contributed by atoms with Crippen molar-refractivity contribution < 1.29 is 9.47 Å². The number of ether oxygens (including phenoxy) is 2. The standard InChI is InChI=1S/C15H16ClNO2/c1-17-12-6-8-13(9-7-12)18-10-11-19-15-5-3-2-4-14(15)16/h2-9,17H,10-11H2,1H3. The van der Waals surface area contributed by atoms with E-state index in [0.29, 0.717) is 24.0 Å². The summed E-state index contributed by atoms with van der Waals surface area (Å²) in [6.07, 6.45) is 0. The van der Waals surface area contributed by atoms with Gasteiger partial charge in [-0.3, -0.25) is 0 Å². The number of hydrogen-bond donors (Lipinski definition) is 1. The molecular weight excluding hydrogens is 262 g/mol. The first-order valence-electron chi connectivity index (χ1n) is 6.07. The highest BCUT2D eigenvalue weighted by Crippen LogP contribution is 2.23. The molecular formula is C15H16ClNO2. The van der Waals surface area contributed by atoms with Crippen LogP contribution < -0.4 is 14.8 Å². The maximum absolute atomic E-state index is 5.98. The van der Waals surface area contributed by atoms with Crippen LogP contribution in [-0.2, 0) is 0 Å². The molecule has 0 fully saturated rings. The fraction of sp³-hybridized carbons (Fsp3) is 0.200. The molecule has 4 heteroatoms. The van der Waals surface area contributed by atoms with Gasteiger partial charge in [0, 0.05) is 12.7 Å². The van der Waals surface area contributed by atoms with Crippen LogP contribution in [0.3, 0.4) is 0 Å². The molecule has 0 atom stereocenters. The number of nitrogens with one attached hydrogen (secondary N) is 1. The van der Waals surface area contributed by atoms with Crippen molar-refractivity contribution in [2.45, 2.75) is 0 Å². The molecule has 3 nitrogen and oxygen atoms in total. The van der Waals surface area contributed by atoms with Crippen molar-refractivity contribution in [3.63, 3.8) is 0 Å². The predicted octanol–water partition coefficient (Wildman–Crippen LogP) is 3.84. The lowest BCUT2D eigenvalue weighted by atomic mass is 10.3. The highest BCUT2D eigenvalue weighted by atomic mass is 35.5. The minimum Gasteiger partial charge on any atom is -0.490 e.